The summed E-state index contributed by atoms with van der Waals surface area (Å²) in [6.45, 7) is 11.8. The van der Waals surface area contributed by atoms with E-state index in [9.17, 15) is 4.39 Å². The Balaban J connectivity index is 1.06. The Hall–Kier alpha value is -7.77. The van der Waals surface area contributed by atoms with Crippen LogP contribution in [0.4, 0.5) is 27.1 Å². The molecule has 0 fully saturated rings. The first-order valence-corrected chi connectivity index (χ1v) is 22.4. The summed E-state index contributed by atoms with van der Waals surface area (Å²) in [4.78, 5) is 14.3. The molecule has 11 rings (SSSR count). The van der Waals surface area contributed by atoms with E-state index in [4.69, 9.17) is 9.72 Å². The van der Waals surface area contributed by atoms with Gasteiger partial charge in [0.1, 0.15) is 29.8 Å². The molecule has 10 aromatic rings. The molecule has 0 amide bonds. The van der Waals surface area contributed by atoms with E-state index in [0.717, 1.165) is 89.3 Å². The third kappa shape index (κ3) is 7.23. The second-order valence-corrected chi connectivity index (χ2v) is 17.8. The summed E-state index contributed by atoms with van der Waals surface area (Å²) in [5.41, 5.74) is 15.5. The predicted molar refractivity (Wildman–Crippen MR) is 266 cm³/mol. The lowest BCUT2D eigenvalue weighted by molar-refractivity contribution is 0.483. The third-order valence-corrected chi connectivity index (χ3v) is 12.8. The molecule has 0 spiro atoms. The average molecular weight is 850 g/mol. The Kier molecular flexibility index (Phi) is 9.91. The van der Waals surface area contributed by atoms with Crippen molar-refractivity contribution in [3.63, 3.8) is 0 Å². The van der Waals surface area contributed by atoms with Crippen molar-refractivity contribution in [1.29, 1.82) is 0 Å². The molecule has 0 N–H and O–H groups in total. The van der Waals surface area contributed by atoms with E-state index in [1.165, 1.54) is 22.4 Å². The van der Waals surface area contributed by atoms with Gasteiger partial charge in [-0.15, -0.1) is 0 Å². The number of pyridine rings is 2. The van der Waals surface area contributed by atoms with E-state index in [2.05, 4.69) is 169 Å². The molecule has 1 aliphatic heterocycles. The number of nitrogens with zero attached hydrogens (tertiary/aromatic N) is 5. The van der Waals surface area contributed by atoms with Gasteiger partial charge in [0, 0.05) is 52.1 Å². The molecular formula is C58H48FN5O. The van der Waals surface area contributed by atoms with Crippen LogP contribution in [0, 0.1) is 12.7 Å². The molecule has 65 heavy (non-hydrogen) atoms. The number of aryl methyl sites for hydroxylation is 1. The fourth-order valence-electron chi connectivity index (χ4n) is 9.57. The highest BCUT2D eigenvalue weighted by Gasteiger charge is 2.33. The Labute approximate surface area is 378 Å². The van der Waals surface area contributed by atoms with Crippen LogP contribution in [0.25, 0.3) is 60.8 Å². The minimum absolute atomic E-state index is 0.227. The van der Waals surface area contributed by atoms with Gasteiger partial charge in [0.15, 0.2) is 0 Å². The van der Waals surface area contributed by atoms with E-state index >= 15 is 0 Å². The molecule has 4 heterocycles. The van der Waals surface area contributed by atoms with Gasteiger partial charge in [0.2, 0.25) is 0 Å². The van der Waals surface area contributed by atoms with Gasteiger partial charge in [0.05, 0.1) is 27.9 Å². The van der Waals surface area contributed by atoms with Gasteiger partial charge < -0.3 is 14.5 Å². The first-order chi connectivity index (χ1) is 31.7. The number of benzene rings is 7. The van der Waals surface area contributed by atoms with Gasteiger partial charge in [-0.25, -0.2) is 9.37 Å². The lowest BCUT2D eigenvalue weighted by Gasteiger charge is -2.30. The minimum Gasteiger partial charge on any atom is -0.457 e. The number of ether oxygens (including phenoxy) is 1. The standard InChI is InChI=1S/C58H48FN5O/c1-36(2)50-31-43(39-16-19-44(59)20-17-39)32-51(37(3)4)58(50)63-35-62(54-24-15-38(5)27-56(54)63)45-29-42(40-18-23-52-41(28-40)11-10-26-60-52)30-47(33-45)65-46-21-22-49-48-12-6-7-13-53(48)64(55(49)34-46)57-14-8-9-25-61-57/h6-34,36-37H,35H2,1-5H3. The molecule has 1 aliphatic rings. The SMILES string of the molecule is Cc1ccc2c(c1)N(c1c(C(C)C)cc(-c3ccc(F)cc3)cc1C(C)C)CN2c1cc(Oc2ccc3c4ccccc4n(-c4ccccn4)c3c2)cc(-c2ccc3ncccc3c2)c1. The van der Waals surface area contributed by atoms with Crippen LogP contribution in [0.5, 0.6) is 11.5 Å². The van der Waals surface area contributed by atoms with Crippen LogP contribution < -0.4 is 14.5 Å². The molecule has 318 valence electrons. The Morgan fingerprint density at radius 1 is 0.538 bits per heavy atom. The Bertz CT molecular complexity index is 3400. The Morgan fingerprint density at radius 3 is 2.06 bits per heavy atom. The van der Waals surface area contributed by atoms with Crippen LogP contribution in [0.1, 0.15) is 56.2 Å². The number of aromatic nitrogens is 3. The van der Waals surface area contributed by atoms with Crippen LogP contribution >= 0.6 is 0 Å². The highest BCUT2D eigenvalue weighted by molar-refractivity contribution is 6.09. The molecule has 0 radical (unpaired) electrons. The van der Waals surface area contributed by atoms with E-state index in [0.29, 0.717) is 6.67 Å². The van der Waals surface area contributed by atoms with Gasteiger partial charge in [-0.3, -0.25) is 9.55 Å². The largest absolute Gasteiger partial charge is 0.457 e. The van der Waals surface area contributed by atoms with Crippen LogP contribution in [-0.4, -0.2) is 21.2 Å². The van der Waals surface area contributed by atoms with Crippen molar-refractivity contribution in [2.24, 2.45) is 0 Å². The summed E-state index contributed by atoms with van der Waals surface area (Å²) in [5, 5.41) is 3.37. The second kappa shape index (κ2) is 16.1. The minimum atomic E-state index is -0.233. The Morgan fingerprint density at radius 2 is 1.28 bits per heavy atom. The van der Waals surface area contributed by atoms with E-state index < -0.39 is 0 Å². The number of fused-ring (bicyclic) bond motifs is 5. The maximum Gasteiger partial charge on any atom is 0.137 e. The maximum atomic E-state index is 14.1. The van der Waals surface area contributed by atoms with E-state index in [1.54, 1.807) is 12.1 Å². The van der Waals surface area contributed by atoms with Crippen molar-refractivity contribution >= 4 is 55.5 Å². The van der Waals surface area contributed by atoms with Gasteiger partial charge in [-0.2, -0.15) is 0 Å². The molecule has 0 unspecified atom stereocenters. The fourth-order valence-corrected chi connectivity index (χ4v) is 9.57. The molecule has 7 aromatic carbocycles. The molecule has 0 aliphatic carbocycles. The van der Waals surface area contributed by atoms with E-state index in [1.807, 2.05) is 48.8 Å². The number of anilines is 4. The van der Waals surface area contributed by atoms with Crippen LogP contribution in [0.2, 0.25) is 0 Å². The third-order valence-electron chi connectivity index (χ3n) is 12.8. The average Bonchev–Trinajstić information content (AvgIpc) is 3.86. The molecule has 6 nitrogen and oxygen atoms in total. The summed E-state index contributed by atoms with van der Waals surface area (Å²) in [7, 11) is 0. The molecule has 7 heteroatoms. The normalized spacial score (nSPS) is 12.6. The van der Waals surface area contributed by atoms with Crippen LogP contribution in [0.3, 0.4) is 0 Å². The number of rotatable bonds is 9. The van der Waals surface area contributed by atoms with Crippen LogP contribution in [0.15, 0.2) is 176 Å². The number of hydrogen-bond donors (Lipinski definition) is 0. The van der Waals surface area contributed by atoms with Crippen molar-refractivity contribution in [2.75, 3.05) is 16.5 Å². The van der Waals surface area contributed by atoms with Gasteiger partial charge in [-0.1, -0.05) is 82.3 Å². The monoisotopic (exact) mass is 849 g/mol. The maximum absolute atomic E-state index is 14.1. The topological polar surface area (TPSA) is 46.4 Å². The van der Waals surface area contributed by atoms with E-state index in [-0.39, 0.29) is 17.7 Å². The smallest absolute Gasteiger partial charge is 0.137 e. The van der Waals surface area contributed by atoms with Crippen molar-refractivity contribution < 1.29 is 9.13 Å². The zero-order valence-electron chi connectivity index (χ0n) is 37.1. The lowest BCUT2D eigenvalue weighted by atomic mass is 9.87. The lowest BCUT2D eigenvalue weighted by Crippen LogP contribution is -2.26. The quantitative estimate of drug-likeness (QED) is 0.145. The van der Waals surface area contributed by atoms with Crippen molar-refractivity contribution in [3.8, 4) is 39.6 Å². The number of halogens is 1. The summed E-state index contributed by atoms with van der Waals surface area (Å²) in [6, 6.07) is 56.2. The molecule has 0 bridgehead atoms. The van der Waals surface area contributed by atoms with Gasteiger partial charge >= 0.3 is 0 Å². The van der Waals surface area contributed by atoms with Gasteiger partial charge in [0.25, 0.3) is 0 Å². The summed E-state index contributed by atoms with van der Waals surface area (Å²) >= 11 is 0. The summed E-state index contributed by atoms with van der Waals surface area (Å²) in [5.74, 6) is 2.53. The summed E-state index contributed by atoms with van der Waals surface area (Å²) < 4.78 is 23.3. The molecule has 0 saturated carbocycles. The molecular weight excluding hydrogens is 802 g/mol. The van der Waals surface area contributed by atoms with Crippen molar-refractivity contribution in [1.82, 2.24) is 14.5 Å². The molecule has 0 saturated heterocycles. The zero-order chi connectivity index (χ0) is 44.3. The highest BCUT2D eigenvalue weighted by Crippen LogP contribution is 2.51. The van der Waals surface area contributed by atoms with Crippen molar-refractivity contribution in [2.45, 2.75) is 46.5 Å². The van der Waals surface area contributed by atoms with Crippen LogP contribution in [-0.2, 0) is 0 Å². The zero-order valence-corrected chi connectivity index (χ0v) is 37.1. The first-order valence-electron chi connectivity index (χ1n) is 22.4. The second-order valence-electron chi connectivity index (χ2n) is 17.8. The van der Waals surface area contributed by atoms with Crippen molar-refractivity contribution in [3.05, 3.63) is 199 Å². The molecule has 3 aromatic heterocycles. The predicted octanol–water partition coefficient (Wildman–Crippen LogP) is 15.8. The highest BCUT2D eigenvalue weighted by atomic mass is 19.1. The molecule has 0 atom stereocenters. The van der Waals surface area contributed by atoms with Gasteiger partial charge in [-0.05, 0) is 155 Å². The fraction of sp³-hybridized carbons (Fsp3) is 0.138. The number of hydrogen-bond acceptors (Lipinski definition) is 5. The first kappa shape index (κ1) is 40.0. The number of para-hydroxylation sites is 1. The summed E-state index contributed by atoms with van der Waals surface area (Å²) in [6.07, 6.45) is 3.67.